The van der Waals surface area contributed by atoms with E-state index in [-0.39, 0.29) is 36.0 Å². The van der Waals surface area contributed by atoms with Crippen molar-refractivity contribution in [3.05, 3.63) is 45.7 Å². The Balaban J connectivity index is 2.10. The molecule has 1 aromatic heterocycles. The zero-order valence-electron chi connectivity index (χ0n) is 18.2. The first-order chi connectivity index (χ1) is 14.7. The molecular formula is C22H28N4O5. The number of ether oxygens (including phenoxy) is 2. The molecular weight excluding hydrogens is 400 g/mol. The lowest BCUT2D eigenvalue weighted by molar-refractivity contribution is 0.0523. The predicted octanol–water partition coefficient (Wildman–Crippen LogP) is 3.46. The van der Waals surface area contributed by atoms with E-state index in [2.05, 4.69) is 31.4 Å². The monoisotopic (exact) mass is 428 g/mol. The summed E-state index contributed by atoms with van der Waals surface area (Å²) in [6.07, 6.45) is 2.21. The van der Waals surface area contributed by atoms with Gasteiger partial charge in [0.1, 0.15) is 12.2 Å². The summed E-state index contributed by atoms with van der Waals surface area (Å²) >= 11 is 0. The van der Waals surface area contributed by atoms with Crippen LogP contribution in [0, 0.1) is 10.9 Å². The van der Waals surface area contributed by atoms with Gasteiger partial charge in [0, 0.05) is 23.9 Å². The minimum atomic E-state index is -0.638. The van der Waals surface area contributed by atoms with E-state index in [4.69, 9.17) is 15.0 Å². The molecule has 0 radical (unpaired) electrons. The lowest BCUT2D eigenvalue weighted by Gasteiger charge is -2.39. The van der Waals surface area contributed by atoms with Gasteiger partial charge in [-0.2, -0.15) is 5.53 Å². The van der Waals surface area contributed by atoms with Crippen LogP contribution in [0.1, 0.15) is 49.7 Å². The minimum Gasteiger partial charge on any atom is -0.504 e. The maximum atomic E-state index is 12.7. The van der Waals surface area contributed by atoms with E-state index in [1.54, 1.807) is 25.3 Å². The SMILES string of the molecule is CCOC(=O)c1cn2c(cc1=O)-c1cc(O)c(OCCNN=N)cc1CC2C(C)(C)C. The summed E-state index contributed by atoms with van der Waals surface area (Å²) in [6.45, 7) is 8.75. The van der Waals surface area contributed by atoms with Crippen molar-refractivity contribution in [1.82, 2.24) is 9.99 Å². The second-order valence-corrected chi connectivity index (χ2v) is 8.50. The van der Waals surface area contributed by atoms with Crippen molar-refractivity contribution in [2.75, 3.05) is 19.8 Å². The molecule has 3 rings (SSSR count). The Hall–Kier alpha value is -3.36. The maximum absolute atomic E-state index is 12.7. The van der Waals surface area contributed by atoms with E-state index in [0.29, 0.717) is 24.4 Å². The van der Waals surface area contributed by atoms with Crippen LogP contribution in [-0.2, 0) is 11.2 Å². The van der Waals surface area contributed by atoms with Crippen molar-refractivity contribution in [2.24, 2.45) is 10.6 Å². The number of fused-ring (bicyclic) bond motifs is 3. The number of phenolic OH excluding ortho intramolecular Hbond substituents is 1. The van der Waals surface area contributed by atoms with Crippen molar-refractivity contribution in [1.29, 1.82) is 5.53 Å². The topological polar surface area (TPSA) is 126 Å². The van der Waals surface area contributed by atoms with Crippen molar-refractivity contribution in [3.8, 4) is 22.8 Å². The third-order valence-electron chi connectivity index (χ3n) is 5.33. The first-order valence-electron chi connectivity index (χ1n) is 10.2. The van der Waals surface area contributed by atoms with Gasteiger partial charge in [0.15, 0.2) is 16.9 Å². The van der Waals surface area contributed by atoms with Gasteiger partial charge in [-0.05, 0) is 36.5 Å². The molecule has 0 spiro atoms. The molecule has 1 aliphatic heterocycles. The molecule has 1 unspecified atom stereocenters. The highest BCUT2D eigenvalue weighted by Crippen LogP contribution is 2.45. The second-order valence-electron chi connectivity index (χ2n) is 8.50. The second kappa shape index (κ2) is 8.79. The zero-order chi connectivity index (χ0) is 22.8. The van der Waals surface area contributed by atoms with Gasteiger partial charge < -0.3 is 19.1 Å². The number of rotatable bonds is 7. The van der Waals surface area contributed by atoms with E-state index in [1.165, 1.54) is 6.07 Å². The molecule has 0 bridgehead atoms. The summed E-state index contributed by atoms with van der Waals surface area (Å²) in [7, 11) is 0. The third-order valence-corrected chi connectivity index (χ3v) is 5.33. The number of pyridine rings is 1. The lowest BCUT2D eigenvalue weighted by Crippen LogP contribution is -2.33. The number of carbonyl (C=O) groups is 1. The summed E-state index contributed by atoms with van der Waals surface area (Å²) in [5.74, 6) is -0.359. The molecule has 166 valence electrons. The zero-order valence-corrected chi connectivity index (χ0v) is 18.2. The van der Waals surface area contributed by atoms with E-state index in [1.807, 2.05) is 4.57 Å². The van der Waals surface area contributed by atoms with E-state index < -0.39 is 11.4 Å². The normalized spacial score (nSPS) is 14.9. The van der Waals surface area contributed by atoms with Crippen LogP contribution in [-0.4, -0.2) is 35.4 Å². The minimum absolute atomic E-state index is 0.000201. The summed E-state index contributed by atoms with van der Waals surface area (Å²) in [4.78, 5) is 25.0. The molecule has 1 aliphatic rings. The van der Waals surface area contributed by atoms with Gasteiger partial charge in [-0.25, -0.2) is 4.79 Å². The highest BCUT2D eigenvalue weighted by atomic mass is 16.5. The fourth-order valence-electron chi connectivity index (χ4n) is 3.81. The van der Waals surface area contributed by atoms with Crippen LogP contribution in [0.2, 0.25) is 0 Å². The molecule has 0 aliphatic carbocycles. The molecule has 3 N–H and O–H groups in total. The summed E-state index contributed by atoms with van der Waals surface area (Å²) in [5, 5.41) is 13.5. The van der Waals surface area contributed by atoms with Gasteiger partial charge in [-0.3, -0.25) is 10.2 Å². The largest absolute Gasteiger partial charge is 0.504 e. The van der Waals surface area contributed by atoms with Gasteiger partial charge in [-0.1, -0.05) is 26.0 Å². The Kier molecular flexibility index (Phi) is 6.33. The number of benzene rings is 1. The Bertz CT molecular complexity index is 1060. The Morgan fingerprint density at radius 3 is 2.74 bits per heavy atom. The number of esters is 1. The average molecular weight is 428 g/mol. The molecule has 0 saturated heterocycles. The number of aromatic hydroxyl groups is 1. The van der Waals surface area contributed by atoms with E-state index >= 15 is 0 Å². The van der Waals surface area contributed by atoms with Crippen LogP contribution >= 0.6 is 0 Å². The summed E-state index contributed by atoms with van der Waals surface area (Å²) in [5.41, 5.74) is 10.9. The van der Waals surface area contributed by atoms with Crippen LogP contribution in [0.4, 0.5) is 0 Å². The number of carbonyl (C=O) groups excluding carboxylic acids is 1. The molecule has 9 heteroatoms. The molecule has 0 amide bonds. The Labute approximate surface area is 180 Å². The first kappa shape index (κ1) is 22.3. The van der Waals surface area contributed by atoms with E-state index in [9.17, 15) is 14.7 Å². The average Bonchev–Trinajstić information content (AvgIpc) is 2.70. The Morgan fingerprint density at radius 2 is 2.10 bits per heavy atom. The summed E-state index contributed by atoms with van der Waals surface area (Å²) in [6, 6.07) is 4.77. The fraction of sp³-hybridized carbons (Fsp3) is 0.455. The van der Waals surface area contributed by atoms with Gasteiger partial charge >= 0.3 is 5.97 Å². The van der Waals surface area contributed by atoms with Crippen LogP contribution in [0.5, 0.6) is 11.5 Å². The predicted molar refractivity (Wildman–Crippen MR) is 115 cm³/mol. The number of nitrogens with one attached hydrogen (secondary N) is 2. The van der Waals surface area contributed by atoms with Crippen molar-refractivity contribution in [2.45, 2.75) is 40.2 Å². The molecule has 9 nitrogen and oxygen atoms in total. The molecule has 1 aromatic carbocycles. The van der Waals surface area contributed by atoms with Gasteiger partial charge in [0.2, 0.25) is 0 Å². The highest BCUT2D eigenvalue weighted by molar-refractivity contribution is 5.89. The van der Waals surface area contributed by atoms with Gasteiger partial charge in [0.25, 0.3) is 0 Å². The number of aromatic nitrogens is 1. The molecule has 0 saturated carbocycles. The third kappa shape index (κ3) is 4.55. The Morgan fingerprint density at radius 1 is 1.35 bits per heavy atom. The number of nitrogens with zero attached hydrogens (tertiary/aromatic N) is 2. The van der Waals surface area contributed by atoms with Crippen LogP contribution in [0.3, 0.4) is 0 Å². The summed E-state index contributed by atoms with van der Waals surface area (Å²) < 4.78 is 12.6. The van der Waals surface area contributed by atoms with Crippen molar-refractivity contribution in [3.63, 3.8) is 0 Å². The molecule has 0 fully saturated rings. The molecule has 31 heavy (non-hydrogen) atoms. The van der Waals surface area contributed by atoms with Crippen molar-refractivity contribution < 1.29 is 19.4 Å². The number of hydrogen-bond donors (Lipinski definition) is 3. The van der Waals surface area contributed by atoms with E-state index in [0.717, 1.165) is 11.1 Å². The highest BCUT2D eigenvalue weighted by Gasteiger charge is 2.34. The number of phenols is 1. The van der Waals surface area contributed by atoms with Crippen LogP contribution in [0.25, 0.3) is 11.3 Å². The fourth-order valence-corrected chi connectivity index (χ4v) is 3.81. The molecule has 2 aromatic rings. The lowest BCUT2D eigenvalue weighted by atomic mass is 9.78. The maximum Gasteiger partial charge on any atom is 0.343 e. The molecule has 1 atom stereocenters. The first-order valence-corrected chi connectivity index (χ1v) is 10.2. The van der Waals surface area contributed by atoms with Crippen LogP contribution < -0.4 is 15.6 Å². The smallest absolute Gasteiger partial charge is 0.343 e. The number of hydrogen-bond acceptors (Lipinski definition) is 7. The van der Waals surface area contributed by atoms with Crippen LogP contribution in [0.15, 0.2) is 34.4 Å². The van der Waals surface area contributed by atoms with Crippen molar-refractivity contribution >= 4 is 5.97 Å². The van der Waals surface area contributed by atoms with Gasteiger partial charge in [-0.15, -0.1) is 0 Å². The van der Waals surface area contributed by atoms with Gasteiger partial charge in [0.05, 0.1) is 18.8 Å². The quantitative estimate of drug-likeness (QED) is 0.268. The standard InChI is InChI=1S/C22H28N4O5/c1-5-30-21(29)15-12-26-16(11-17(15)27)14-10-18(28)19(31-7-6-24-25-23)8-13(14)9-20(26)22(2,3)4/h8,10-12,20,28H,5-7,9H2,1-4H3,(H2,23,24). The molecule has 2 heterocycles.